The summed E-state index contributed by atoms with van der Waals surface area (Å²) in [5.41, 5.74) is 1.96. The van der Waals surface area contributed by atoms with Crippen molar-refractivity contribution in [3.05, 3.63) is 47.1 Å². The number of halogens is 1. The molecule has 0 radical (unpaired) electrons. The average Bonchev–Trinajstić information content (AvgIpc) is 3.04. The third kappa shape index (κ3) is 5.86. The average molecular weight is 433 g/mol. The minimum atomic E-state index is -0.785. The molecule has 162 valence electrons. The fourth-order valence-electron chi connectivity index (χ4n) is 3.88. The number of allylic oxidation sites excluding steroid dienone is 1. The van der Waals surface area contributed by atoms with Crippen LogP contribution in [0.1, 0.15) is 50.6 Å². The third-order valence-electron chi connectivity index (χ3n) is 5.68. The van der Waals surface area contributed by atoms with Gasteiger partial charge in [-0.15, -0.1) is 0 Å². The predicted molar refractivity (Wildman–Crippen MR) is 118 cm³/mol. The van der Waals surface area contributed by atoms with Crippen molar-refractivity contribution in [2.45, 2.75) is 63.5 Å². The molecule has 6 nitrogen and oxygen atoms in total. The van der Waals surface area contributed by atoms with Crippen molar-refractivity contribution in [2.75, 3.05) is 6.54 Å². The number of carbonyl (C=O) groups excluding carboxylic acids is 1. The number of hydrogen-bond acceptors (Lipinski definition) is 3. The van der Waals surface area contributed by atoms with E-state index in [1.165, 1.54) is 0 Å². The summed E-state index contributed by atoms with van der Waals surface area (Å²) in [5, 5.41) is 20.7. The maximum Gasteiger partial charge on any atom is 0.303 e. The number of H-pyrrole nitrogens is 1. The van der Waals surface area contributed by atoms with Crippen molar-refractivity contribution in [3.63, 3.8) is 0 Å². The lowest BCUT2D eigenvalue weighted by atomic mass is 9.94. The van der Waals surface area contributed by atoms with E-state index in [0.717, 1.165) is 28.0 Å². The predicted octanol–water partition coefficient (Wildman–Crippen LogP) is 4.31. The molecule has 1 saturated heterocycles. The lowest BCUT2D eigenvalue weighted by Gasteiger charge is -2.40. The van der Waals surface area contributed by atoms with Gasteiger partial charge in [0.05, 0.1) is 11.1 Å². The Labute approximate surface area is 181 Å². The fourth-order valence-corrected chi connectivity index (χ4v) is 4.19. The zero-order valence-corrected chi connectivity index (χ0v) is 17.8. The number of unbranched alkanes of at least 4 members (excludes halogenated alkanes) is 1. The van der Waals surface area contributed by atoms with Gasteiger partial charge in [0.2, 0.25) is 5.91 Å². The molecule has 3 rings (SSSR count). The molecule has 3 N–H and O–H groups in total. The molecule has 7 heteroatoms. The van der Waals surface area contributed by atoms with Crippen LogP contribution >= 0.6 is 11.6 Å². The number of fused-ring (bicyclic) bond motifs is 1. The summed E-state index contributed by atoms with van der Waals surface area (Å²) < 4.78 is 0. The number of aliphatic carboxylic acids is 1. The fraction of sp³-hybridized carbons (Fsp3) is 0.478. The number of likely N-dealkylation sites (tertiary alicyclic amines) is 1. The number of aromatic nitrogens is 1. The molecule has 1 unspecified atom stereocenters. The van der Waals surface area contributed by atoms with Crippen LogP contribution in [0.4, 0.5) is 0 Å². The van der Waals surface area contributed by atoms with Crippen LogP contribution in [-0.2, 0) is 16.0 Å². The van der Waals surface area contributed by atoms with Crippen molar-refractivity contribution in [1.29, 1.82) is 0 Å². The molecule has 0 aliphatic carbocycles. The Balaban J connectivity index is 1.38. The Morgan fingerprint density at radius 1 is 1.30 bits per heavy atom. The quantitative estimate of drug-likeness (QED) is 0.264. The first kappa shape index (κ1) is 22.4. The molecular weight excluding hydrogens is 404 g/mol. The summed E-state index contributed by atoms with van der Waals surface area (Å²) in [7, 11) is 0. The maximum atomic E-state index is 11.9. The number of hydrogen-bond donors (Lipinski definition) is 3. The largest absolute Gasteiger partial charge is 0.481 e. The van der Waals surface area contributed by atoms with E-state index in [9.17, 15) is 14.7 Å². The topological polar surface area (TPSA) is 93.6 Å². The van der Waals surface area contributed by atoms with E-state index < -0.39 is 12.1 Å². The van der Waals surface area contributed by atoms with Gasteiger partial charge in [0.15, 0.2) is 0 Å². The molecule has 1 aromatic heterocycles. The second-order valence-electron chi connectivity index (χ2n) is 7.89. The van der Waals surface area contributed by atoms with Crippen molar-refractivity contribution in [3.8, 4) is 0 Å². The Morgan fingerprint density at radius 3 is 2.83 bits per heavy atom. The second kappa shape index (κ2) is 10.6. The number of aryl methyl sites for hydroxylation is 1. The molecule has 1 amide bonds. The zero-order chi connectivity index (χ0) is 21.5. The van der Waals surface area contributed by atoms with Crippen LogP contribution < -0.4 is 0 Å². The van der Waals surface area contributed by atoms with Gasteiger partial charge < -0.3 is 20.1 Å². The van der Waals surface area contributed by atoms with E-state index in [1.807, 2.05) is 41.3 Å². The highest BCUT2D eigenvalue weighted by Gasteiger charge is 2.34. The van der Waals surface area contributed by atoms with Crippen LogP contribution in [0.2, 0.25) is 5.02 Å². The molecule has 2 heterocycles. The first-order valence-electron chi connectivity index (χ1n) is 10.5. The summed E-state index contributed by atoms with van der Waals surface area (Å²) in [6.45, 7) is 0.553. The molecular formula is C23H29ClN2O4. The molecule has 2 atom stereocenters. The van der Waals surface area contributed by atoms with E-state index in [0.29, 0.717) is 45.1 Å². The third-order valence-corrected chi connectivity index (χ3v) is 6.11. The van der Waals surface area contributed by atoms with E-state index >= 15 is 0 Å². The van der Waals surface area contributed by atoms with Gasteiger partial charge in [-0.2, -0.15) is 0 Å². The van der Waals surface area contributed by atoms with Crippen LogP contribution in [0.25, 0.3) is 10.9 Å². The molecule has 1 aromatic carbocycles. The van der Waals surface area contributed by atoms with Crippen molar-refractivity contribution >= 4 is 34.4 Å². The summed E-state index contributed by atoms with van der Waals surface area (Å²) in [5.74, 6) is -0.652. The number of rotatable bonds is 12. The van der Waals surface area contributed by atoms with E-state index in [2.05, 4.69) is 4.98 Å². The van der Waals surface area contributed by atoms with E-state index in [-0.39, 0.29) is 18.4 Å². The molecule has 0 bridgehead atoms. The first-order chi connectivity index (χ1) is 14.5. The van der Waals surface area contributed by atoms with Crippen LogP contribution in [0, 0.1) is 0 Å². The molecule has 0 spiro atoms. The van der Waals surface area contributed by atoms with Crippen molar-refractivity contribution < 1.29 is 19.8 Å². The number of para-hydroxylation sites is 1. The number of aliphatic hydroxyl groups excluding tert-OH is 1. The number of carbonyl (C=O) groups is 2. The zero-order valence-electron chi connectivity index (χ0n) is 17.0. The smallest absolute Gasteiger partial charge is 0.303 e. The minimum Gasteiger partial charge on any atom is -0.481 e. The lowest BCUT2D eigenvalue weighted by Crippen LogP contribution is -2.52. The van der Waals surface area contributed by atoms with E-state index in [1.54, 1.807) is 0 Å². The standard InChI is InChI=1S/C23H29ClN2O4/c24-23-18-7-4-5-8-19(18)25-20(23)13-12-17(27)11-10-16-15-21(28)26(16)14-6-2-1-3-9-22(29)30/h2,4-8,16-17,25,27H,1,3,9-15H2,(H,29,30)/t16-,17?/m0/s1. The van der Waals surface area contributed by atoms with Crippen molar-refractivity contribution in [1.82, 2.24) is 9.88 Å². The molecule has 0 saturated carbocycles. The summed E-state index contributed by atoms with van der Waals surface area (Å²) >= 11 is 6.44. The number of aromatic amines is 1. The number of benzene rings is 1. The highest BCUT2D eigenvalue weighted by molar-refractivity contribution is 6.36. The molecule has 2 aromatic rings. The Hall–Kier alpha value is -2.31. The van der Waals surface area contributed by atoms with Gasteiger partial charge in [0, 0.05) is 42.0 Å². The summed E-state index contributed by atoms with van der Waals surface area (Å²) in [6, 6.07) is 8.07. The normalized spacial score (nSPS) is 17.6. The highest BCUT2D eigenvalue weighted by atomic mass is 35.5. The Kier molecular flexibility index (Phi) is 7.94. The maximum absolute atomic E-state index is 11.9. The van der Waals surface area contributed by atoms with Crippen LogP contribution in [0.5, 0.6) is 0 Å². The van der Waals surface area contributed by atoms with Gasteiger partial charge in [0.1, 0.15) is 0 Å². The van der Waals surface area contributed by atoms with Gasteiger partial charge in [-0.3, -0.25) is 9.59 Å². The van der Waals surface area contributed by atoms with Crippen molar-refractivity contribution in [2.24, 2.45) is 0 Å². The molecule has 1 aliphatic heterocycles. The number of amides is 1. The van der Waals surface area contributed by atoms with E-state index in [4.69, 9.17) is 16.7 Å². The number of carboxylic acids is 1. The summed E-state index contributed by atoms with van der Waals surface area (Å²) in [4.78, 5) is 27.5. The Morgan fingerprint density at radius 2 is 2.10 bits per heavy atom. The lowest BCUT2D eigenvalue weighted by molar-refractivity contribution is -0.145. The molecule has 30 heavy (non-hydrogen) atoms. The number of aliphatic hydroxyl groups is 1. The SMILES string of the molecule is O=C(O)CCCC=CCN1C(=O)C[C@@H]1CCC(O)CCc1[nH]c2ccccc2c1Cl. The van der Waals surface area contributed by atoms with Gasteiger partial charge >= 0.3 is 5.97 Å². The number of nitrogens with one attached hydrogen (secondary N) is 1. The minimum absolute atomic E-state index is 0.134. The summed E-state index contributed by atoms with van der Waals surface area (Å²) in [6.07, 6.45) is 8.17. The number of carboxylic acid groups (broad SMARTS) is 1. The highest BCUT2D eigenvalue weighted by Crippen LogP contribution is 2.29. The van der Waals surface area contributed by atoms with Gasteiger partial charge in [-0.1, -0.05) is 42.0 Å². The first-order valence-corrected chi connectivity index (χ1v) is 10.9. The number of β-lactam (4-membered cyclic amide) rings is 1. The van der Waals surface area contributed by atoms with Crippen LogP contribution in [-0.4, -0.2) is 50.7 Å². The van der Waals surface area contributed by atoms with Gasteiger partial charge in [0.25, 0.3) is 0 Å². The van der Waals surface area contributed by atoms with Crippen LogP contribution in [0.3, 0.4) is 0 Å². The Bertz CT molecular complexity index is 908. The second-order valence-corrected chi connectivity index (χ2v) is 8.27. The number of nitrogens with zero attached hydrogens (tertiary/aromatic N) is 1. The molecule has 1 fully saturated rings. The van der Waals surface area contributed by atoms with Crippen LogP contribution in [0.15, 0.2) is 36.4 Å². The molecule has 1 aliphatic rings. The monoisotopic (exact) mass is 432 g/mol. The van der Waals surface area contributed by atoms with Gasteiger partial charge in [-0.25, -0.2) is 0 Å². The van der Waals surface area contributed by atoms with Gasteiger partial charge in [-0.05, 0) is 44.6 Å².